The second kappa shape index (κ2) is 6.85. The van der Waals surface area contributed by atoms with E-state index in [1.807, 2.05) is 24.3 Å². The molecular formula is C17H19F3N4O. The van der Waals surface area contributed by atoms with Crippen LogP contribution in [-0.2, 0) is 11.2 Å². The molecule has 1 saturated carbocycles. The number of aromatic amines is 1. The Bertz CT molecular complexity index is 704. The molecule has 1 aromatic carbocycles. The summed E-state index contributed by atoms with van der Waals surface area (Å²) in [6.07, 6.45) is -1.96. The highest BCUT2D eigenvalue weighted by Crippen LogP contribution is 2.50. The Balaban J connectivity index is 1.56. The number of hydrogen-bond donors (Lipinski definition) is 2. The summed E-state index contributed by atoms with van der Waals surface area (Å²) in [6, 6.07) is 7.43. The van der Waals surface area contributed by atoms with E-state index in [0.717, 1.165) is 11.1 Å². The number of hydrogen-bond acceptors (Lipinski definition) is 3. The lowest BCUT2D eigenvalue weighted by molar-refractivity contribution is -0.220. The molecule has 5 nitrogen and oxygen atoms in total. The van der Waals surface area contributed by atoms with Gasteiger partial charge in [0, 0.05) is 12.1 Å². The molecule has 0 aliphatic heterocycles. The van der Waals surface area contributed by atoms with Gasteiger partial charge in [-0.25, -0.2) is 4.98 Å². The van der Waals surface area contributed by atoms with Crippen molar-refractivity contribution in [1.82, 2.24) is 20.5 Å². The summed E-state index contributed by atoms with van der Waals surface area (Å²) in [4.78, 5) is 16.2. The first-order valence-corrected chi connectivity index (χ1v) is 8.22. The van der Waals surface area contributed by atoms with Gasteiger partial charge in [-0.05, 0) is 24.8 Å². The Morgan fingerprint density at radius 3 is 2.44 bits per heavy atom. The number of carbonyl (C=O) groups is 1. The molecule has 1 amide bonds. The minimum absolute atomic E-state index is 0.117. The third kappa shape index (κ3) is 3.52. The monoisotopic (exact) mass is 352 g/mol. The van der Waals surface area contributed by atoms with Crippen molar-refractivity contribution < 1.29 is 18.0 Å². The van der Waals surface area contributed by atoms with Gasteiger partial charge in [0.25, 0.3) is 0 Å². The van der Waals surface area contributed by atoms with E-state index in [0.29, 0.717) is 25.1 Å². The van der Waals surface area contributed by atoms with Crippen LogP contribution in [0.5, 0.6) is 0 Å². The maximum absolute atomic E-state index is 13.3. The molecule has 0 bridgehead atoms. The fourth-order valence-corrected chi connectivity index (χ4v) is 3.28. The van der Waals surface area contributed by atoms with Crippen molar-refractivity contribution in [3.8, 4) is 11.4 Å². The molecule has 0 unspecified atom stereocenters. The number of benzene rings is 1. The topological polar surface area (TPSA) is 70.7 Å². The number of carbonyl (C=O) groups excluding carboxylic acids is 1. The standard InChI is InChI=1S/C17H19F3N4O/c18-17(19,20)16(8-1-2-9-16)15(25)21-10-7-12-3-5-13(6-4-12)14-22-11-23-24-14/h3-6,11H,1-2,7-10H2,(H,21,25)(H,22,23,24). The summed E-state index contributed by atoms with van der Waals surface area (Å²) in [5.41, 5.74) is -0.410. The lowest BCUT2D eigenvalue weighted by Crippen LogP contribution is -2.49. The van der Waals surface area contributed by atoms with Crippen LogP contribution in [0.4, 0.5) is 13.2 Å². The zero-order chi connectivity index (χ0) is 17.9. The largest absolute Gasteiger partial charge is 0.403 e. The van der Waals surface area contributed by atoms with Gasteiger partial charge in [-0.15, -0.1) is 0 Å². The van der Waals surface area contributed by atoms with Crippen molar-refractivity contribution in [2.45, 2.75) is 38.3 Å². The van der Waals surface area contributed by atoms with Crippen LogP contribution < -0.4 is 5.32 Å². The second-order valence-corrected chi connectivity index (χ2v) is 6.32. The lowest BCUT2D eigenvalue weighted by Gasteiger charge is -2.30. The number of aromatic nitrogens is 3. The van der Waals surface area contributed by atoms with Crippen LogP contribution in [0.25, 0.3) is 11.4 Å². The Labute approximate surface area is 143 Å². The van der Waals surface area contributed by atoms with Crippen LogP contribution in [0.3, 0.4) is 0 Å². The molecule has 134 valence electrons. The lowest BCUT2D eigenvalue weighted by atomic mass is 9.84. The van der Waals surface area contributed by atoms with Gasteiger partial charge in [0.1, 0.15) is 11.7 Å². The number of H-pyrrole nitrogens is 1. The van der Waals surface area contributed by atoms with E-state index in [2.05, 4.69) is 20.5 Å². The van der Waals surface area contributed by atoms with Gasteiger partial charge in [0.05, 0.1) is 0 Å². The van der Waals surface area contributed by atoms with E-state index in [-0.39, 0.29) is 19.4 Å². The van der Waals surface area contributed by atoms with Crippen LogP contribution in [0.1, 0.15) is 31.2 Å². The van der Waals surface area contributed by atoms with Crippen molar-refractivity contribution in [2.75, 3.05) is 6.54 Å². The van der Waals surface area contributed by atoms with Crippen molar-refractivity contribution in [2.24, 2.45) is 5.41 Å². The van der Waals surface area contributed by atoms with E-state index >= 15 is 0 Å². The smallest absolute Gasteiger partial charge is 0.355 e. The summed E-state index contributed by atoms with van der Waals surface area (Å²) in [7, 11) is 0. The minimum atomic E-state index is -4.49. The number of nitrogens with zero attached hydrogens (tertiary/aromatic N) is 2. The molecule has 0 radical (unpaired) electrons. The highest BCUT2D eigenvalue weighted by Gasteiger charge is 2.60. The molecule has 3 rings (SSSR count). The highest BCUT2D eigenvalue weighted by atomic mass is 19.4. The Kier molecular flexibility index (Phi) is 4.78. The van der Waals surface area contributed by atoms with Crippen molar-refractivity contribution in [3.05, 3.63) is 36.2 Å². The predicted molar refractivity (Wildman–Crippen MR) is 85.5 cm³/mol. The first-order chi connectivity index (χ1) is 11.9. The van der Waals surface area contributed by atoms with E-state index in [9.17, 15) is 18.0 Å². The average Bonchev–Trinajstić information content (AvgIpc) is 3.27. The molecule has 1 heterocycles. The summed E-state index contributed by atoms with van der Waals surface area (Å²) in [5.74, 6) is -0.246. The van der Waals surface area contributed by atoms with Crippen LogP contribution in [-0.4, -0.2) is 33.8 Å². The zero-order valence-electron chi connectivity index (χ0n) is 13.6. The van der Waals surface area contributed by atoms with Gasteiger partial charge >= 0.3 is 6.18 Å². The second-order valence-electron chi connectivity index (χ2n) is 6.32. The summed E-state index contributed by atoms with van der Waals surface area (Å²) in [5, 5.41) is 9.01. The van der Waals surface area contributed by atoms with Crippen LogP contribution >= 0.6 is 0 Å². The molecule has 2 N–H and O–H groups in total. The van der Waals surface area contributed by atoms with Gasteiger partial charge in [0.2, 0.25) is 5.91 Å². The molecule has 25 heavy (non-hydrogen) atoms. The molecule has 2 aromatic rings. The van der Waals surface area contributed by atoms with E-state index in [4.69, 9.17) is 0 Å². The minimum Gasteiger partial charge on any atom is -0.355 e. The molecule has 0 atom stereocenters. The zero-order valence-corrected chi connectivity index (χ0v) is 13.6. The first kappa shape index (κ1) is 17.4. The maximum Gasteiger partial charge on any atom is 0.403 e. The third-order valence-corrected chi connectivity index (χ3v) is 4.78. The Hall–Kier alpha value is -2.38. The van der Waals surface area contributed by atoms with Crippen molar-refractivity contribution in [3.63, 3.8) is 0 Å². The van der Waals surface area contributed by atoms with Crippen molar-refractivity contribution in [1.29, 1.82) is 0 Å². The summed E-state index contributed by atoms with van der Waals surface area (Å²) < 4.78 is 40.0. The third-order valence-electron chi connectivity index (χ3n) is 4.78. The van der Waals surface area contributed by atoms with Crippen LogP contribution in [0, 0.1) is 5.41 Å². The normalized spacial score (nSPS) is 16.8. The molecule has 1 aromatic heterocycles. The van der Waals surface area contributed by atoms with E-state index in [1.165, 1.54) is 6.33 Å². The quantitative estimate of drug-likeness (QED) is 0.868. The fraction of sp³-hybridized carbons (Fsp3) is 0.471. The van der Waals surface area contributed by atoms with Gasteiger partial charge in [-0.3, -0.25) is 9.89 Å². The number of alkyl halides is 3. The van der Waals surface area contributed by atoms with Gasteiger partial charge in [-0.1, -0.05) is 37.1 Å². The maximum atomic E-state index is 13.3. The Morgan fingerprint density at radius 1 is 1.20 bits per heavy atom. The van der Waals surface area contributed by atoms with Gasteiger partial charge < -0.3 is 5.32 Å². The molecule has 1 aliphatic carbocycles. The molecular weight excluding hydrogens is 333 g/mol. The van der Waals surface area contributed by atoms with E-state index < -0.39 is 17.5 Å². The van der Waals surface area contributed by atoms with Crippen molar-refractivity contribution >= 4 is 5.91 Å². The van der Waals surface area contributed by atoms with Gasteiger partial charge in [-0.2, -0.15) is 18.3 Å². The summed E-state index contributed by atoms with van der Waals surface area (Å²) in [6.45, 7) is 0.179. The average molecular weight is 352 g/mol. The molecule has 0 saturated heterocycles. The van der Waals surface area contributed by atoms with E-state index in [1.54, 1.807) is 0 Å². The molecule has 1 fully saturated rings. The van der Waals surface area contributed by atoms with Gasteiger partial charge in [0.15, 0.2) is 5.82 Å². The number of amides is 1. The predicted octanol–water partition coefficient (Wildman–Crippen LogP) is 3.25. The number of rotatable bonds is 5. The number of nitrogens with one attached hydrogen (secondary N) is 2. The Morgan fingerprint density at radius 2 is 1.88 bits per heavy atom. The molecule has 1 aliphatic rings. The SMILES string of the molecule is O=C(NCCc1ccc(-c2ncn[nH]2)cc1)C1(C(F)(F)F)CCCC1. The first-order valence-electron chi connectivity index (χ1n) is 8.22. The molecule has 8 heteroatoms. The highest BCUT2D eigenvalue weighted by molar-refractivity contribution is 5.83. The summed E-state index contributed by atoms with van der Waals surface area (Å²) >= 11 is 0. The number of halogens is 3. The van der Waals surface area contributed by atoms with Crippen LogP contribution in [0.15, 0.2) is 30.6 Å². The fourth-order valence-electron chi connectivity index (χ4n) is 3.28. The van der Waals surface area contributed by atoms with Crippen LogP contribution in [0.2, 0.25) is 0 Å². The molecule has 0 spiro atoms.